The Morgan fingerprint density at radius 1 is 1.30 bits per heavy atom. The summed E-state index contributed by atoms with van der Waals surface area (Å²) < 4.78 is 4.86. The summed E-state index contributed by atoms with van der Waals surface area (Å²) >= 11 is 0. The zero-order valence-electron chi connectivity index (χ0n) is 12.8. The lowest BCUT2D eigenvalue weighted by molar-refractivity contribution is -0.141. The molecule has 2 N–H and O–H groups in total. The van der Waals surface area contributed by atoms with E-state index in [0.29, 0.717) is 17.5 Å². The van der Waals surface area contributed by atoms with E-state index in [1.54, 1.807) is 24.3 Å². The third-order valence-electron chi connectivity index (χ3n) is 3.45. The number of esters is 1. The quantitative estimate of drug-likeness (QED) is 0.801. The molecule has 0 bridgehead atoms. The second-order valence-electron chi connectivity index (χ2n) is 5.01. The molecule has 0 aliphatic heterocycles. The highest BCUT2D eigenvalue weighted by Crippen LogP contribution is 2.22. The van der Waals surface area contributed by atoms with Crippen LogP contribution >= 0.6 is 0 Å². The van der Waals surface area contributed by atoms with Crippen molar-refractivity contribution in [3.05, 3.63) is 65.2 Å². The number of rotatable bonds is 6. The average Bonchev–Trinajstić information content (AvgIpc) is 2.60. The molecule has 1 atom stereocenters. The molecule has 2 rings (SSSR count). The molecule has 0 spiro atoms. The number of aliphatic hydroxyl groups excluding tert-OH is 1. The number of carbonyl (C=O) groups excluding carboxylic acids is 1. The Morgan fingerprint density at radius 3 is 2.65 bits per heavy atom. The number of nitrogens with one attached hydrogen (secondary N) is 1. The largest absolute Gasteiger partial charge is 0.467 e. The number of hydrogen-bond acceptors (Lipinski definition) is 5. The van der Waals surface area contributed by atoms with Crippen molar-refractivity contribution in [1.29, 1.82) is 5.26 Å². The molecule has 5 heteroatoms. The highest BCUT2D eigenvalue weighted by molar-refractivity contribution is 5.81. The number of aliphatic hydroxyl groups is 1. The van der Waals surface area contributed by atoms with E-state index < -0.39 is 12.0 Å². The van der Waals surface area contributed by atoms with Crippen LogP contribution in [0.15, 0.2) is 48.5 Å². The van der Waals surface area contributed by atoms with Crippen LogP contribution in [0.2, 0.25) is 0 Å². The van der Waals surface area contributed by atoms with Crippen LogP contribution < -0.4 is 5.32 Å². The summed E-state index contributed by atoms with van der Waals surface area (Å²) in [5.74, 6) is -0.431. The maximum absolute atomic E-state index is 12.1. The van der Waals surface area contributed by atoms with E-state index in [4.69, 9.17) is 15.1 Å². The first-order chi connectivity index (χ1) is 11.2. The molecule has 118 valence electrons. The van der Waals surface area contributed by atoms with Crippen molar-refractivity contribution in [2.75, 3.05) is 19.0 Å². The SMILES string of the molecule is COC(=O)C(Nc1ccc(CCO)cc1)c1cccc(C#N)c1. The third-order valence-corrected chi connectivity index (χ3v) is 3.45. The summed E-state index contributed by atoms with van der Waals surface area (Å²) in [4.78, 5) is 12.1. The molecule has 0 fully saturated rings. The number of nitriles is 1. The lowest BCUT2D eigenvalue weighted by Gasteiger charge is -2.18. The molecule has 0 amide bonds. The molecule has 0 radical (unpaired) electrons. The Balaban J connectivity index is 2.25. The molecule has 0 heterocycles. The lowest BCUT2D eigenvalue weighted by atomic mass is 10.0. The fraction of sp³-hybridized carbons (Fsp3) is 0.222. The number of hydrogen-bond donors (Lipinski definition) is 2. The highest BCUT2D eigenvalue weighted by Gasteiger charge is 2.21. The van der Waals surface area contributed by atoms with E-state index >= 15 is 0 Å². The number of methoxy groups -OCH3 is 1. The summed E-state index contributed by atoms with van der Waals surface area (Å²) in [6.07, 6.45) is 0.588. The molecular weight excluding hydrogens is 292 g/mol. The maximum Gasteiger partial charge on any atom is 0.332 e. The predicted octanol–water partition coefficient (Wildman–Crippen LogP) is 2.42. The molecule has 2 aromatic carbocycles. The van der Waals surface area contributed by atoms with Crippen molar-refractivity contribution in [2.24, 2.45) is 0 Å². The fourth-order valence-corrected chi connectivity index (χ4v) is 2.25. The van der Waals surface area contributed by atoms with Crippen LogP contribution in [-0.2, 0) is 16.0 Å². The van der Waals surface area contributed by atoms with Gasteiger partial charge in [0, 0.05) is 12.3 Å². The Bertz CT molecular complexity index is 705. The first-order valence-electron chi connectivity index (χ1n) is 7.22. The second-order valence-corrected chi connectivity index (χ2v) is 5.01. The van der Waals surface area contributed by atoms with Gasteiger partial charge in [0.05, 0.1) is 18.7 Å². The molecule has 0 saturated heterocycles. The molecule has 0 aromatic heterocycles. The minimum absolute atomic E-state index is 0.0957. The summed E-state index contributed by atoms with van der Waals surface area (Å²) in [6, 6.07) is 15.7. The first kappa shape index (κ1) is 16.5. The number of ether oxygens (including phenoxy) is 1. The van der Waals surface area contributed by atoms with Gasteiger partial charge in [-0.1, -0.05) is 24.3 Å². The molecule has 2 aromatic rings. The van der Waals surface area contributed by atoms with Gasteiger partial charge in [0.1, 0.15) is 0 Å². The molecule has 5 nitrogen and oxygen atoms in total. The van der Waals surface area contributed by atoms with Gasteiger partial charge in [0.25, 0.3) is 0 Å². The van der Waals surface area contributed by atoms with Gasteiger partial charge in [-0.15, -0.1) is 0 Å². The van der Waals surface area contributed by atoms with Crippen LogP contribution in [-0.4, -0.2) is 24.8 Å². The van der Waals surface area contributed by atoms with Crippen LogP contribution in [0.1, 0.15) is 22.7 Å². The minimum atomic E-state index is -0.697. The van der Waals surface area contributed by atoms with Crippen molar-refractivity contribution in [3.8, 4) is 6.07 Å². The highest BCUT2D eigenvalue weighted by atomic mass is 16.5. The van der Waals surface area contributed by atoms with Gasteiger partial charge in [-0.2, -0.15) is 5.26 Å². The standard InChI is InChI=1S/C18H18N2O3/c1-23-18(22)17(15-4-2-3-14(11-15)12-19)20-16-7-5-13(6-8-16)9-10-21/h2-8,11,17,20-21H,9-10H2,1H3. The van der Waals surface area contributed by atoms with E-state index in [9.17, 15) is 4.79 Å². The Morgan fingerprint density at radius 2 is 2.04 bits per heavy atom. The van der Waals surface area contributed by atoms with E-state index in [-0.39, 0.29) is 6.61 Å². The molecule has 23 heavy (non-hydrogen) atoms. The number of nitrogens with zero attached hydrogens (tertiary/aromatic N) is 1. The summed E-state index contributed by atoms with van der Waals surface area (Å²) in [7, 11) is 1.33. The van der Waals surface area contributed by atoms with Gasteiger partial charge in [0.2, 0.25) is 0 Å². The van der Waals surface area contributed by atoms with E-state index in [1.807, 2.05) is 24.3 Å². The van der Waals surface area contributed by atoms with Gasteiger partial charge >= 0.3 is 5.97 Å². The van der Waals surface area contributed by atoms with Crippen LogP contribution in [0.4, 0.5) is 5.69 Å². The van der Waals surface area contributed by atoms with Gasteiger partial charge in [-0.05, 0) is 41.8 Å². The zero-order chi connectivity index (χ0) is 16.7. The van der Waals surface area contributed by atoms with Crippen molar-refractivity contribution in [2.45, 2.75) is 12.5 Å². The zero-order valence-corrected chi connectivity index (χ0v) is 12.8. The Labute approximate surface area is 135 Å². The van der Waals surface area contributed by atoms with E-state index in [1.165, 1.54) is 7.11 Å². The van der Waals surface area contributed by atoms with E-state index in [2.05, 4.69) is 11.4 Å². The van der Waals surface area contributed by atoms with Gasteiger partial charge in [-0.3, -0.25) is 0 Å². The Kier molecular flexibility index (Phi) is 5.73. The number of carbonyl (C=O) groups is 1. The molecular formula is C18H18N2O3. The molecule has 0 aliphatic rings. The molecule has 1 unspecified atom stereocenters. The fourth-order valence-electron chi connectivity index (χ4n) is 2.25. The molecule has 0 saturated carbocycles. The summed E-state index contributed by atoms with van der Waals surface area (Å²) in [6.45, 7) is 0.0957. The predicted molar refractivity (Wildman–Crippen MR) is 86.8 cm³/mol. The van der Waals surface area contributed by atoms with Gasteiger partial charge in [-0.25, -0.2) is 4.79 Å². The third kappa shape index (κ3) is 4.31. The summed E-state index contributed by atoms with van der Waals surface area (Å²) in [5.41, 5.74) is 2.91. The average molecular weight is 310 g/mol. The minimum Gasteiger partial charge on any atom is -0.467 e. The smallest absolute Gasteiger partial charge is 0.332 e. The van der Waals surface area contributed by atoms with Crippen molar-refractivity contribution in [3.63, 3.8) is 0 Å². The number of anilines is 1. The number of benzene rings is 2. The topological polar surface area (TPSA) is 82.3 Å². The van der Waals surface area contributed by atoms with Crippen LogP contribution in [0, 0.1) is 11.3 Å². The van der Waals surface area contributed by atoms with Crippen LogP contribution in [0.25, 0.3) is 0 Å². The van der Waals surface area contributed by atoms with Crippen molar-refractivity contribution >= 4 is 11.7 Å². The summed E-state index contributed by atoms with van der Waals surface area (Å²) in [5, 5.41) is 21.1. The van der Waals surface area contributed by atoms with Gasteiger partial charge in [0.15, 0.2) is 6.04 Å². The van der Waals surface area contributed by atoms with Crippen LogP contribution in [0.5, 0.6) is 0 Å². The van der Waals surface area contributed by atoms with Crippen LogP contribution in [0.3, 0.4) is 0 Å². The molecule has 0 aliphatic carbocycles. The first-order valence-corrected chi connectivity index (χ1v) is 7.22. The monoisotopic (exact) mass is 310 g/mol. The maximum atomic E-state index is 12.1. The lowest BCUT2D eigenvalue weighted by Crippen LogP contribution is -2.22. The van der Waals surface area contributed by atoms with Crippen molar-refractivity contribution < 1.29 is 14.6 Å². The van der Waals surface area contributed by atoms with Gasteiger partial charge < -0.3 is 15.2 Å². The second kappa shape index (κ2) is 7.97. The van der Waals surface area contributed by atoms with Crippen molar-refractivity contribution in [1.82, 2.24) is 0 Å². The van der Waals surface area contributed by atoms with E-state index in [0.717, 1.165) is 11.3 Å². The normalized spacial score (nSPS) is 11.3. The Hall–Kier alpha value is -2.84.